The van der Waals surface area contributed by atoms with E-state index in [0.29, 0.717) is 13.2 Å². The van der Waals surface area contributed by atoms with Gasteiger partial charge in [0.25, 0.3) is 11.8 Å². The maximum atomic E-state index is 14.0. The quantitative estimate of drug-likeness (QED) is 0.236. The van der Waals surface area contributed by atoms with Crippen molar-refractivity contribution >= 4 is 29.4 Å². The van der Waals surface area contributed by atoms with Gasteiger partial charge in [-0.05, 0) is 13.0 Å². The number of hydroxylamine groups is 2. The molecule has 2 aromatic carbocycles. The van der Waals surface area contributed by atoms with Gasteiger partial charge in [0.15, 0.2) is 30.2 Å². The summed E-state index contributed by atoms with van der Waals surface area (Å²) in [7, 11) is 2.83. The number of aromatic hydroxyl groups is 2. The molecular weight excluding hydrogens is 688 g/mol. The van der Waals surface area contributed by atoms with Crippen LogP contribution in [0.5, 0.6) is 17.2 Å². The third-order valence-corrected chi connectivity index (χ3v) is 10.7. The second-order valence-corrected chi connectivity index (χ2v) is 13.7. The van der Waals surface area contributed by atoms with Crippen molar-refractivity contribution in [3.05, 3.63) is 51.6 Å². The van der Waals surface area contributed by atoms with Gasteiger partial charge in [-0.1, -0.05) is 12.1 Å². The van der Waals surface area contributed by atoms with Crippen LogP contribution in [0.4, 0.5) is 0 Å². The van der Waals surface area contributed by atoms with Crippen LogP contribution in [0.15, 0.2) is 18.2 Å². The predicted octanol–water partition coefficient (Wildman–Crippen LogP) is 0.757. The van der Waals surface area contributed by atoms with Crippen molar-refractivity contribution in [2.45, 2.75) is 87.8 Å². The second-order valence-electron chi connectivity index (χ2n) is 13.7. The molecular formula is C35H36N2O15. The SMILES string of the molecule is COc1cccc2c1C(=O)c1c(O)c3c(c(O)c1C2=O)C[C@@](O)(C(=O)ON1C(=O)CCC1=O)C[C@@H]3O[C@H]1C[C@H]2[C@H](O[C@@H]3[C@@H](OC)OCCN32)[C@H](C)O1. The lowest BCUT2D eigenvalue weighted by molar-refractivity contribution is -0.257. The van der Waals surface area contributed by atoms with Crippen LogP contribution in [0.25, 0.3) is 0 Å². The lowest BCUT2D eigenvalue weighted by Crippen LogP contribution is -2.55. The third kappa shape index (κ3) is 5.13. The number of nitrogens with zero attached hydrogens (tertiary/aromatic N) is 2. The Hall–Kier alpha value is -4.49. The number of hydrogen-bond acceptors (Lipinski definition) is 16. The number of phenols is 2. The zero-order chi connectivity index (χ0) is 36.8. The first-order chi connectivity index (χ1) is 24.9. The van der Waals surface area contributed by atoms with Crippen molar-refractivity contribution < 1.29 is 72.6 Å². The van der Waals surface area contributed by atoms with E-state index in [1.165, 1.54) is 32.4 Å². The number of hydrogen-bond donors (Lipinski definition) is 3. The Balaban J connectivity index is 1.20. The van der Waals surface area contributed by atoms with Gasteiger partial charge in [-0.25, -0.2) is 4.79 Å². The first kappa shape index (κ1) is 34.6. The molecule has 276 valence electrons. The zero-order valence-corrected chi connectivity index (χ0v) is 28.4. The molecule has 52 heavy (non-hydrogen) atoms. The number of morpholine rings is 1. The molecule has 17 nitrogen and oxygen atoms in total. The molecule has 2 aliphatic carbocycles. The maximum Gasteiger partial charge on any atom is 0.364 e. The molecule has 3 N–H and O–H groups in total. The van der Waals surface area contributed by atoms with E-state index in [2.05, 4.69) is 4.90 Å². The summed E-state index contributed by atoms with van der Waals surface area (Å²) in [4.78, 5) is 73.3. The Bertz CT molecular complexity index is 1900. The zero-order valence-electron chi connectivity index (χ0n) is 28.4. The van der Waals surface area contributed by atoms with Gasteiger partial charge in [-0.3, -0.25) is 24.1 Å². The summed E-state index contributed by atoms with van der Waals surface area (Å²) in [6.45, 7) is 2.70. The van der Waals surface area contributed by atoms with Crippen molar-refractivity contribution in [2.24, 2.45) is 0 Å². The molecule has 2 aromatic rings. The molecule has 0 spiro atoms. The number of rotatable bonds is 6. The summed E-state index contributed by atoms with van der Waals surface area (Å²) in [5, 5.41) is 35.9. The lowest BCUT2D eigenvalue weighted by atomic mass is 9.73. The number of amides is 2. The number of ketones is 2. The van der Waals surface area contributed by atoms with E-state index >= 15 is 0 Å². The molecule has 4 fully saturated rings. The molecule has 0 bridgehead atoms. The van der Waals surface area contributed by atoms with Crippen LogP contribution in [0.1, 0.15) is 81.7 Å². The van der Waals surface area contributed by atoms with Crippen LogP contribution in [0.3, 0.4) is 0 Å². The minimum absolute atomic E-state index is 0.0732. The molecule has 2 amide bonds. The first-order valence-electron chi connectivity index (χ1n) is 16.9. The van der Waals surface area contributed by atoms with Gasteiger partial charge in [0.1, 0.15) is 23.4 Å². The predicted molar refractivity (Wildman–Crippen MR) is 169 cm³/mol. The van der Waals surface area contributed by atoms with E-state index in [1.807, 2.05) is 0 Å². The number of carbonyl (C=O) groups is 5. The monoisotopic (exact) mass is 724 g/mol. The van der Waals surface area contributed by atoms with E-state index in [1.54, 1.807) is 6.92 Å². The molecule has 0 saturated carbocycles. The molecule has 8 atom stereocenters. The smallest absolute Gasteiger partial charge is 0.364 e. The van der Waals surface area contributed by atoms with E-state index < -0.39 is 108 Å². The summed E-state index contributed by atoms with van der Waals surface area (Å²) < 4.78 is 35.5. The molecule has 4 aliphatic heterocycles. The highest BCUT2D eigenvalue weighted by Gasteiger charge is 2.56. The van der Waals surface area contributed by atoms with Gasteiger partial charge in [-0.2, -0.15) is 0 Å². The van der Waals surface area contributed by atoms with Crippen LogP contribution in [-0.2, 0) is 49.3 Å². The van der Waals surface area contributed by atoms with Crippen molar-refractivity contribution in [1.29, 1.82) is 0 Å². The van der Waals surface area contributed by atoms with Gasteiger partial charge in [-0.15, -0.1) is 5.06 Å². The Labute approximate surface area is 295 Å². The Morgan fingerprint density at radius 1 is 0.981 bits per heavy atom. The summed E-state index contributed by atoms with van der Waals surface area (Å²) in [6.07, 6.45) is -6.15. The standard InChI is InChI=1S/C35H36N2O15/c1-14-31-17(36-9-10-48-33(47-3)32(36)51-31)11-22(49-14)50-19-13-35(45,34(44)52-37-20(38)7-8-21(37)39)12-16-24(19)30(43)26-25(28(16)41)27(40)15-5-4-6-18(46-2)23(15)29(26)42/h4-6,14,17,19,22,31-33,41,43,45H,7-13H2,1-3H3/t14-,17-,19-,22-,31+,32+,33-,35-/m0/s1. The number of phenolic OH excluding ortho intramolecular Hbond substituents is 2. The molecule has 6 aliphatic rings. The summed E-state index contributed by atoms with van der Waals surface area (Å²) >= 11 is 0. The number of fused-ring (bicyclic) bond motifs is 6. The minimum Gasteiger partial charge on any atom is -0.507 e. The van der Waals surface area contributed by atoms with Gasteiger partial charge < -0.3 is 48.6 Å². The van der Waals surface area contributed by atoms with Crippen LogP contribution >= 0.6 is 0 Å². The normalized spacial score (nSPS) is 32.5. The number of ether oxygens (including phenoxy) is 6. The maximum absolute atomic E-state index is 14.0. The number of methoxy groups -OCH3 is 2. The Morgan fingerprint density at radius 3 is 2.42 bits per heavy atom. The Morgan fingerprint density at radius 2 is 1.71 bits per heavy atom. The summed E-state index contributed by atoms with van der Waals surface area (Å²) in [5.74, 6) is -5.99. The lowest BCUT2D eigenvalue weighted by Gasteiger charge is -2.43. The van der Waals surface area contributed by atoms with Crippen molar-refractivity contribution in [2.75, 3.05) is 27.4 Å². The number of carbonyl (C=O) groups excluding carboxylic acids is 5. The van der Waals surface area contributed by atoms with Gasteiger partial charge in [0.05, 0.1) is 42.6 Å². The van der Waals surface area contributed by atoms with Crippen LogP contribution < -0.4 is 4.74 Å². The molecule has 0 aromatic heterocycles. The highest BCUT2D eigenvalue weighted by molar-refractivity contribution is 6.31. The fourth-order valence-corrected chi connectivity index (χ4v) is 8.31. The number of aliphatic hydroxyl groups is 1. The van der Waals surface area contributed by atoms with Gasteiger partial charge >= 0.3 is 5.97 Å². The van der Waals surface area contributed by atoms with Gasteiger partial charge in [0.2, 0.25) is 5.78 Å². The van der Waals surface area contributed by atoms with E-state index in [4.69, 9.17) is 33.3 Å². The van der Waals surface area contributed by atoms with Gasteiger partial charge in [0, 0.05) is 68.5 Å². The average molecular weight is 725 g/mol. The molecule has 4 saturated heterocycles. The van der Waals surface area contributed by atoms with Crippen LogP contribution in [0.2, 0.25) is 0 Å². The van der Waals surface area contributed by atoms with E-state index in [9.17, 15) is 39.3 Å². The molecule has 0 unspecified atom stereocenters. The second kappa shape index (κ2) is 12.6. The number of imide groups is 1. The van der Waals surface area contributed by atoms with Crippen molar-refractivity contribution in [3.63, 3.8) is 0 Å². The molecule has 8 rings (SSSR count). The fourth-order valence-electron chi connectivity index (χ4n) is 8.31. The van der Waals surface area contributed by atoms with Crippen LogP contribution in [-0.4, -0.2) is 125 Å². The molecule has 0 radical (unpaired) electrons. The van der Waals surface area contributed by atoms with Crippen molar-refractivity contribution in [3.8, 4) is 17.2 Å². The van der Waals surface area contributed by atoms with Crippen molar-refractivity contribution in [1.82, 2.24) is 9.96 Å². The minimum atomic E-state index is -2.57. The summed E-state index contributed by atoms with van der Waals surface area (Å²) in [5.41, 5.74) is -4.25. The first-order valence-corrected chi connectivity index (χ1v) is 16.9. The molecule has 17 heteroatoms. The van der Waals surface area contributed by atoms with E-state index in [0.717, 1.165) is 0 Å². The third-order valence-electron chi connectivity index (χ3n) is 10.7. The van der Waals surface area contributed by atoms with Crippen LogP contribution in [0, 0.1) is 0 Å². The topological polar surface area (TPSA) is 217 Å². The molecule has 4 heterocycles. The number of benzene rings is 2. The fraction of sp³-hybridized carbons (Fsp3) is 0.514. The Kier molecular flexibility index (Phi) is 8.37. The largest absolute Gasteiger partial charge is 0.507 e. The van der Waals surface area contributed by atoms with E-state index in [-0.39, 0.29) is 58.4 Å². The highest BCUT2D eigenvalue weighted by Crippen LogP contribution is 2.53. The highest BCUT2D eigenvalue weighted by atomic mass is 16.7. The summed E-state index contributed by atoms with van der Waals surface area (Å²) in [6, 6.07) is 4.10. The average Bonchev–Trinajstić information content (AvgIpc) is 3.66.